The Morgan fingerprint density at radius 3 is 2.00 bits per heavy atom. The molecule has 0 aromatic carbocycles. The fourth-order valence-electron chi connectivity index (χ4n) is 3.37. The van der Waals surface area contributed by atoms with Crippen molar-refractivity contribution in [1.29, 1.82) is 0 Å². The van der Waals surface area contributed by atoms with Gasteiger partial charge in [-0.25, -0.2) is 8.42 Å². The summed E-state index contributed by atoms with van der Waals surface area (Å²) < 4.78 is 29.0. The van der Waals surface area contributed by atoms with Gasteiger partial charge in [0.1, 0.15) is 0 Å². The summed E-state index contributed by atoms with van der Waals surface area (Å²) in [5.41, 5.74) is -0.343. The molecular formula is C15H29ClO3S. The van der Waals surface area contributed by atoms with Gasteiger partial charge in [0.2, 0.25) is 9.05 Å². The zero-order valence-electron chi connectivity index (χ0n) is 13.2. The fourth-order valence-corrected chi connectivity index (χ4v) is 5.29. The Bertz CT molecular complexity index is 380. The number of rotatable bonds is 7. The molecule has 3 nitrogen and oxygen atoms in total. The van der Waals surface area contributed by atoms with Crippen molar-refractivity contribution in [2.45, 2.75) is 65.9 Å². The number of hydrogen-bond donors (Lipinski definition) is 0. The molecule has 5 heteroatoms. The minimum absolute atomic E-state index is 0.00633. The molecule has 1 rings (SSSR count). The lowest BCUT2D eigenvalue weighted by Gasteiger charge is -2.36. The van der Waals surface area contributed by atoms with Crippen molar-refractivity contribution in [3.05, 3.63) is 0 Å². The highest BCUT2D eigenvalue weighted by molar-refractivity contribution is 8.13. The first-order chi connectivity index (χ1) is 9.19. The van der Waals surface area contributed by atoms with Gasteiger partial charge in [0, 0.05) is 16.1 Å². The van der Waals surface area contributed by atoms with E-state index in [1.807, 2.05) is 13.8 Å². The minimum Gasteiger partial charge on any atom is -0.378 e. The molecule has 1 aliphatic carbocycles. The van der Waals surface area contributed by atoms with Crippen LogP contribution in [0.25, 0.3) is 0 Å². The van der Waals surface area contributed by atoms with Crippen LogP contribution in [-0.4, -0.2) is 26.9 Å². The average Bonchev–Trinajstić information content (AvgIpc) is 2.32. The van der Waals surface area contributed by atoms with Crippen LogP contribution >= 0.6 is 10.7 Å². The highest BCUT2D eigenvalue weighted by Crippen LogP contribution is 2.34. The third-order valence-corrected chi connectivity index (χ3v) is 6.02. The van der Waals surface area contributed by atoms with E-state index in [0.29, 0.717) is 18.4 Å². The summed E-state index contributed by atoms with van der Waals surface area (Å²) in [6.07, 6.45) is 5.25. The molecular weight excluding hydrogens is 296 g/mol. The third-order valence-electron chi connectivity index (χ3n) is 4.74. The largest absolute Gasteiger partial charge is 0.378 e. The third kappa shape index (κ3) is 5.90. The summed E-state index contributed by atoms with van der Waals surface area (Å²) in [5, 5.41) is 0. The predicted octanol–water partition coefficient (Wildman–Crippen LogP) is 4.20. The van der Waals surface area contributed by atoms with E-state index in [1.54, 1.807) is 0 Å². The van der Waals surface area contributed by atoms with Crippen LogP contribution in [0.5, 0.6) is 0 Å². The topological polar surface area (TPSA) is 43.4 Å². The summed E-state index contributed by atoms with van der Waals surface area (Å²) in [6.45, 7) is 9.06. The van der Waals surface area contributed by atoms with Crippen molar-refractivity contribution in [2.75, 3.05) is 12.4 Å². The zero-order valence-corrected chi connectivity index (χ0v) is 14.8. The lowest BCUT2D eigenvalue weighted by Crippen LogP contribution is -2.36. The second kappa shape index (κ2) is 7.46. The Kier molecular flexibility index (Phi) is 6.81. The van der Waals surface area contributed by atoms with E-state index in [0.717, 1.165) is 25.7 Å². The lowest BCUT2D eigenvalue weighted by atomic mass is 9.81. The summed E-state index contributed by atoms with van der Waals surface area (Å²) in [6, 6.07) is 0. The van der Waals surface area contributed by atoms with E-state index in [9.17, 15) is 8.42 Å². The zero-order chi connectivity index (χ0) is 15.4. The lowest BCUT2D eigenvalue weighted by molar-refractivity contribution is -0.0397. The van der Waals surface area contributed by atoms with Crippen molar-refractivity contribution in [3.63, 3.8) is 0 Å². The first-order valence-electron chi connectivity index (χ1n) is 7.73. The van der Waals surface area contributed by atoms with Gasteiger partial charge in [0.15, 0.2) is 0 Å². The molecule has 0 heterocycles. The SMILES string of the molecule is CCC(CC)(COC1CC(C)CC(C)C1)CS(=O)(=O)Cl. The fraction of sp³-hybridized carbons (Fsp3) is 1.00. The van der Waals surface area contributed by atoms with Gasteiger partial charge in [-0.05, 0) is 43.9 Å². The molecule has 0 aromatic rings. The second-order valence-corrected chi connectivity index (χ2v) is 9.52. The quantitative estimate of drug-likeness (QED) is 0.659. The summed E-state index contributed by atoms with van der Waals surface area (Å²) in [5.74, 6) is 1.39. The number of halogens is 1. The molecule has 1 saturated carbocycles. The molecule has 0 radical (unpaired) electrons. The molecule has 0 amide bonds. The first kappa shape index (κ1) is 18.2. The summed E-state index contributed by atoms with van der Waals surface area (Å²) in [4.78, 5) is 0. The Morgan fingerprint density at radius 1 is 1.10 bits per heavy atom. The summed E-state index contributed by atoms with van der Waals surface area (Å²) >= 11 is 0. The Labute approximate surface area is 128 Å². The van der Waals surface area contributed by atoms with Gasteiger partial charge in [-0.15, -0.1) is 0 Å². The standard InChI is InChI=1S/C15H29ClO3S/c1-5-15(6-2,11-20(16,17)18)10-19-14-8-12(3)7-13(4)9-14/h12-14H,5-11H2,1-4H3. The van der Waals surface area contributed by atoms with Crippen LogP contribution in [0.4, 0.5) is 0 Å². The van der Waals surface area contributed by atoms with E-state index < -0.39 is 9.05 Å². The molecule has 0 saturated heterocycles. The Morgan fingerprint density at radius 2 is 1.60 bits per heavy atom. The first-order valence-corrected chi connectivity index (χ1v) is 10.2. The van der Waals surface area contributed by atoms with Crippen LogP contribution in [0.2, 0.25) is 0 Å². The highest BCUT2D eigenvalue weighted by Gasteiger charge is 2.34. The smallest absolute Gasteiger partial charge is 0.233 e. The Hall–Kier alpha value is 0.200. The van der Waals surface area contributed by atoms with Crippen LogP contribution in [0.15, 0.2) is 0 Å². The molecule has 20 heavy (non-hydrogen) atoms. The molecule has 0 spiro atoms. The maximum Gasteiger partial charge on any atom is 0.233 e. The van der Waals surface area contributed by atoms with Crippen molar-refractivity contribution < 1.29 is 13.2 Å². The summed E-state index contributed by atoms with van der Waals surface area (Å²) in [7, 11) is 1.97. The monoisotopic (exact) mass is 324 g/mol. The van der Waals surface area contributed by atoms with Crippen LogP contribution in [0, 0.1) is 17.3 Å². The van der Waals surface area contributed by atoms with E-state index >= 15 is 0 Å². The Balaban J connectivity index is 2.62. The molecule has 2 atom stereocenters. The van der Waals surface area contributed by atoms with E-state index in [2.05, 4.69) is 13.8 Å². The van der Waals surface area contributed by atoms with Gasteiger partial charge in [0.05, 0.1) is 18.5 Å². The van der Waals surface area contributed by atoms with E-state index in [4.69, 9.17) is 15.4 Å². The van der Waals surface area contributed by atoms with Gasteiger partial charge in [-0.3, -0.25) is 0 Å². The van der Waals surface area contributed by atoms with Crippen molar-refractivity contribution in [3.8, 4) is 0 Å². The van der Waals surface area contributed by atoms with Gasteiger partial charge < -0.3 is 4.74 Å². The van der Waals surface area contributed by atoms with Crippen molar-refractivity contribution >= 4 is 19.7 Å². The minimum atomic E-state index is -3.49. The number of ether oxygens (including phenoxy) is 1. The molecule has 1 fully saturated rings. The molecule has 0 aliphatic heterocycles. The van der Waals surface area contributed by atoms with Gasteiger partial charge in [0.25, 0.3) is 0 Å². The molecule has 0 aromatic heterocycles. The van der Waals surface area contributed by atoms with E-state index in [-0.39, 0.29) is 17.3 Å². The van der Waals surface area contributed by atoms with Gasteiger partial charge in [-0.2, -0.15) is 0 Å². The molecule has 0 bridgehead atoms. The molecule has 1 aliphatic rings. The van der Waals surface area contributed by atoms with Crippen molar-refractivity contribution in [1.82, 2.24) is 0 Å². The van der Waals surface area contributed by atoms with Crippen LogP contribution in [-0.2, 0) is 13.8 Å². The van der Waals surface area contributed by atoms with Gasteiger partial charge in [-0.1, -0.05) is 27.7 Å². The second-order valence-electron chi connectivity index (χ2n) is 6.74. The van der Waals surface area contributed by atoms with E-state index in [1.165, 1.54) is 6.42 Å². The highest BCUT2D eigenvalue weighted by atomic mass is 35.7. The predicted molar refractivity (Wildman–Crippen MR) is 84.6 cm³/mol. The maximum absolute atomic E-state index is 11.4. The maximum atomic E-state index is 11.4. The molecule has 120 valence electrons. The number of hydrogen-bond acceptors (Lipinski definition) is 3. The van der Waals surface area contributed by atoms with Crippen LogP contribution in [0.3, 0.4) is 0 Å². The van der Waals surface area contributed by atoms with Gasteiger partial charge >= 0.3 is 0 Å². The normalized spacial score (nSPS) is 28.6. The molecule has 0 N–H and O–H groups in total. The van der Waals surface area contributed by atoms with Crippen LogP contribution in [0.1, 0.15) is 59.8 Å². The molecule has 2 unspecified atom stereocenters. The van der Waals surface area contributed by atoms with Crippen molar-refractivity contribution in [2.24, 2.45) is 17.3 Å². The average molecular weight is 325 g/mol. The van der Waals surface area contributed by atoms with Crippen LogP contribution < -0.4 is 0 Å².